The fourth-order valence-electron chi connectivity index (χ4n) is 3.69. The molecule has 8 heteroatoms. The molecular formula is C21H24N6O2. The monoisotopic (exact) mass is 392 g/mol. The first-order valence-corrected chi connectivity index (χ1v) is 9.73. The number of nitriles is 1. The summed E-state index contributed by atoms with van der Waals surface area (Å²) in [7, 11) is 1.64. The molecule has 0 unspecified atom stereocenters. The molecule has 3 heterocycles. The zero-order valence-electron chi connectivity index (χ0n) is 16.9. The molecule has 0 spiro atoms. The van der Waals surface area contributed by atoms with Crippen molar-refractivity contribution in [2.24, 2.45) is 0 Å². The molecule has 150 valence electrons. The van der Waals surface area contributed by atoms with Gasteiger partial charge in [-0.15, -0.1) is 15.3 Å². The maximum atomic E-state index is 9.05. The van der Waals surface area contributed by atoms with Crippen LogP contribution in [0.2, 0.25) is 0 Å². The van der Waals surface area contributed by atoms with Crippen molar-refractivity contribution in [1.82, 2.24) is 19.8 Å². The third-order valence-electron chi connectivity index (χ3n) is 5.41. The SMILES string of the molecule is COCc1nnc2c(C)c(C)c(N3CCC(Oc4cccc(C#N)c4)CC3)nn12. The zero-order chi connectivity index (χ0) is 20.4. The number of fused-ring (bicyclic) bond motifs is 1. The molecule has 1 aliphatic rings. The van der Waals surface area contributed by atoms with Gasteiger partial charge in [0.25, 0.3) is 0 Å². The van der Waals surface area contributed by atoms with Gasteiger partial charge in [-0.1, -0.05) is 6.07 Å². The van der Waals surface area contributed by atoms with Crippen LogP contribution in [0.3, 0.4) is 0 Å². The van der Waals surface area contributed by atoms with E-state index in [1.54, 1.807) is 23.8 Å². The van der Waals surface area contributed by atoms with E-state index in [9.17, 15) is 0 Å². The molecule has 1 aromatic carbocycles. The number of aromatic nitrogens is 4. The number of nitrogens with zero attached hydrogens (tertiary/aromatic N) is 6. The van der Waals surface area contributed by atoms with E-state index in [0.29, 0.717) is 18.0 Å². The summed E-state index contributed by atoms with van der Waals surface area (Å²) in [6, 6.07) is 9.48. The maximum absolute atomic E-state index is 9.05. The highest BCUT2D eigenvalue weighted by Crippen LogP contribution is 2.27. The van der Waals surface area contributed by atoms with Crippen LogP contribution in [0.15, 0.2) is 24.3 Å². The van der Waals surface area contributed by atoms with Gasteiger partial charge in [0.1, 0.15) is 18.5 Å². The molecule has 0 amide bonds. The molecule has 0 N–H and O–H groups in total. The number of rotatable bonds is 5. The third kappa shape index (κ3) is 3.74. The lowest BCUT2D eigenvalue weighted by molar-refractivity contribution is 0.170. The van der Waals surface area contributed by atoms with E-state index in [2.05, 4.69) is 35.0 Å². The molecule has 1 fully saturated rings. The number of hydrogen-bond acceptors (Lipinski definition) is 7. The second-order valence-electron chi connectivity index (χ2n) is 7.30. The van der Waals surface area contributed by atoms with E-state index in [-0.39, 0.29) is 6.10 Å². The summed E-state index contributed by atoms with van der Waals surface area (Å²) in [6.07, 6.45) is 1.91. The van der Waals surface area contributed by atoms with Crippen molar-refractivity contribution in [3.63, 3.8) is 0 Å². The fraction of sp³-hybridized carbons (Fsp3) is 0.429. The van der Waals surface area contributed by atoms with Crippen LogP contribution in [0.25, 0.3) is 5.65 Å². The minimum atomic E-state index is 0.129. The second-order valence-corrected chi connectivity index (χ2v) is 7.30. The smallest absolute Gasteiger partial charge is 0.181 e. The summed E-state index contributed by atoms with van der Waals surface area (Å²) in [4.78, 5) is 2.30. The standard InChI is InChI=1S/C21H24N6O2/c1-14-15(2)21(25-27-19(13-28-3)23-24-20(14)27)26-9-7-17(8-10-26)29-18-6-4-5-16(11-18)12-22/h4-6,11,17H,7-10,13H2,1-3H3. The van der Waals surface area contributed by atoms with Gasteiger partial charge < -0.3 is 14.4 Å². The van der Waals surface area contributed by atoms with E-state index >= 15 is 0 Å². The Kier molecular flexibility index (Phi) is 5.32. The van der Waals surface area contributed by atoms with E-state index in [4.69, 9.17) is 19.8 Å². The Morgan fingerprint density at radius 2 is 1.97 bits per heavy atom. The lowest BCUT2D eigenvalue weighted by Gasteiger charge is -2.34. The Morgan fingerprint density at radius 3 is 2.69 bits per heavy atom. The molecule has 8 nitrogen and oxygen atoms in total. The number of aryl methyl sites for hydroxylation is 1. The minimum Gasteiger partial charge on any atom is -0.490 e. The van der Waals surface area contributed by atoms with Crippen LogP contribution >= 0.6 is 0 Å². The molecule has 0 bridgehead atoms. The van der Waals surface area contributed by atoms with Crippen molar-refractivity contribution in [2.45, 2.75) is 39.4 Å². The number of benzene rings is 1. The molecule has 2 aromatic heterocycles. The molecule has 4 rings (SSSR count). The van der Waals surface area contributed by atoms with Gasteiger partial charge in [-0.2, -0.15) is 9.78 Å². The Balaban J connectivity index is 1.50. The lowest BCUT2D eigenvalue weighted by Crippen LogP contribution is -2.39. The van der Waals surface area contributed by atoms with Gasteiger partial charge in [0, 0.05) is 44.2 Å². The van der Waals surface area contributed by atoms with Gasteiger partial charge in [-0.3, -0.25) is 0 Å². The van der Waals surface area contributed by atoms with Crippen LogP contribution in [0.5, 0.6) is 5.75 Å². The first kappa shape index (κ1) is 19.2. The van der Waals surface area contributed by atoms with Gasteiger partial charge in [0.15, 0.2) is 17.3 Å². The maximum Gasteiger partial charge on any atom is 0.181 e. The molecule has 1 aliphatic heterocycles. The predicted molar refractivity (Wildman–Crippen MR) is 108 cm³/mol. The largest absolute Gasteiger partial charge is 0.490 e. The summed E-state index contributed by atoms with van der Waals surface area (Å²) in [6.45, 7) is 6.21. The predicted octanol–water partition coefficient (Wildman–Crippen LogP) is 2.81. The minimum absolute atomic E-state index is 0.129. The van der Waals surface area contributed by atoms with Crippen LogP contribution in [-0.4, -0.2) is 46.1 Å². The van der Waals surface area contributed by atoms with E-state index < -0.39 is 0 Å². The van der Waals surface area contributed by atoms with E-state index in [0.717, 1.165) is 54.3 Å². The summed E-state index contributed by atoms with van der Waals surface area (Å²) in [5.41, 5.74) is 3.59. The Morgan fingerprint density at radius 1 is 1.17 bits per heavy atom. The van der Waals surface area contributed by atoms with Crippen LogP contribution in [0.1, 0.15) is 35.4 Å². The van der Waals surface area contributed by atoms with Crippen molar-refractivity contribution >= 4 is 11.5 Å². The number of anilines is 1. The third-order valence-corrected chi connectivity index (χ3v) is 5.41. The molecule has 3 aromatic rings. The average Bonchev–Trinajstić information content (AvgIpc) is 3.14. The highest BCUT2D eigenvalue weighted by Gasteiger charge is 2.25. The Hall–Kier alpha value is -3.18. The highest BCUT2D eigenvalue weighted by molar-refractivity contribution is 5.59. The average molecular weight is 392 g/mol. The summed E-state index contributed by atoms with van der Waals surface area (Å²) in [5, 5.41) is 22.4. The molecule has 29 heavy (non-hydrogen) atoms. The summed E-state index contributed by atoms with van der Waals surface area (Å²) >= 11 is 0. The topological polar surface area (TPSA) is 88.6 Å². The van der Waals surface area contributed by atoms with Crippen LogP contribution in [0, 0.1) is 25.2 Å². The molecular weight excluding hydrogens is 368 g/mol. The molecule has 0 saturated carbocycles. The highest BCUT2D eigenvalue weighted by atomic mass is 16.5. The van der Waals surface area contributed by atoms with Crippen LogP contribution in [-0.2, 0) is 11.3 Å². The van der Waals surface area contributed by atoms with E-state index in [1.165, 1.54) is 0 Å². The zero-order valence-corrected chi connectivity index (χ0v) is 16.9. The van der Waals surface area contributed by atoms with Gasteiger partial charge >= 0.3 is 0 Å². The van der Waals surface area contributed by atoms with Gasteiger partial charge in [-0.05, 0) is 32.0 Å². The van der Waals surface area contributed by atoms with Gasteiger partial charge in [0.05, 0.1) is 11.6 Å². The van der Waals surface area contributed by atoms with Crippen LogP contribution in [0.4, 0.5) is 5.82 Å². The van der Waals surface area contributed by atoms with Gasteiger partial charge in [0.2, 0.25) is 0 Å². The first-order chi connectivity index (χ1) is 14.1. The quantitative estimate of drug-likeness (QED) is 0.660. The Labute approximate surface area is 169 Å². The van der Waals surface area contributed by atoms with Gasteiger partial charge in [-0.25, -0.2) is 0 Å². The van der Waals surface area contributed by atoms with Crippen molar-refractivity contribution in [3.8, 4) is 11.8 Å². The van der Waals surface area contributed by atoms with Crippen molar-refractivity contribution in [3.05, 3.63) is 46.8 Å². The molecule has 0 radical (unpaired) electrons. The van der Waals surface area contributed by atoms with E-state index in [1.807, 2.05) is 12.1 Å². The molecule has 0 aliphatic carbocycles. The number of piperidine rings is 1. The number of ether oxygens (including phenoxy) is 2. The first-order valence-electron chi connectivity index (χ1n) is 9.73. The van der Waals surface area contributed by atoms with Crippen molar-refractivity contribution < 1.29 is 9.47 Å². The normalized spacial score (nSPS) is 14.9. The van der Waals surface area contributed by atoms with Crippen molar-refractivity contribution in [2.75, 3.05) is 25.1 Å². The lowest BCUT2D eigenvalue weighted by atomic mass is 10.1. The van der Waals surface area contributed by atoms with Crippen molar-refractivity contribution in [1.29, 1.82) is 5.26 Å². The summed E-state index contributed by atoms with van der Waals surface area (Å²) in [5.74, 6) is 2.40. The van der Waals surface area contributed by atoms with Crippen LogP contribution < -0.4 is 9.64 Å². The number of methoxy groups -OCH3 is 1. The number of hydrogen-bond donors (Lipinski definition) is 0. The second kappa shape index (κ2) is 8.05. The summed E-state index contributed by atoms with van der Waals surface area (Å²) < 4.78 is 13.1. The Bertz CT molecular complexity index is 1060. The molecule has 1 saturated heterocycles. The fourth-order valence-corrected chi connectivity index (χ4v) is 3.69. The molecule has 0 atom stereocenters.